The molecule has 0 heterocycles. The summed E-state index contributed by atoms with van der Waals surface area (Å²) in [5, 5.41) is 33.9. The van der Waals surface area contributed by atoms with Crippen molar-refractivity contribution in [1.82, 2.24) is 0 Å². The van der Waals surface area contributed by atoms with Crippen molar-refractivity contribution in [2.24, 2.45) is 0 Å². The van der Waals surface area contributed by atoms with E-state index >= 15 is 0 Å². The molecule has 0 fully saturated rings. The molecule has 0 spiro atoms. The third kappa shape index (κ3) is 22.6. The molecule has 4 N–H and O–H groups in total. The molecule has 0 aliphatic heterocycles. The molecule has 0 saturated heterocycles. The monoisotopic (exact) mass is 208 g/mol. The van der Waals surface area contributed by atoms with Crippen LogP contribution < -0.4 is 0 Å². The Labute approximate surface area is 86.2 Å². The van der Waals surface area contributed by atoms with Gasteiger partial charge in [-0.05, 0) is 33.6 Å². The first-order valence-corrected chi connectivity index (χ1v) is 4.95. The molecule has 0 amide bonds. The Bertz CT molecular complexity index is 103. The lowest BCUT2D eigenvalue weighted by atomic mass is 10.0. The summed E-state index contributed by atoms with van der Waals surface area (Å²) in [5.74, 6) is 0. The molecule has 0 aromatic rings. The fraction of sp³-hybridized carbons (Fsp3) is 1.00. The molecule has 0 aromatic carbocycles. The highest BCUT2D eigenvalue weighted by Gasteiger charge is 2.14. The fourth-order valence-electron chi connectivity index (χ4n) is 0.947. The number of aliphatic hydroxyl groups excluding tert-OH is 3. The molecular weight excluding hydrogens is 184 g/mol. The Kier molecular flexibility index (Phi) is 10.9. The highest BCUT2D eigenvalue weighted by molar-refractivity contribution is 4.67. The van der Waals surface area contributed by atoms with E-state index < -0.39 is 11.7 Å². The molecule has 1 atom stereocenters. The topological polar surface area (TPSA) is 80.9 Å². The molecule has 4 nitrogen and oxygen atoms in total. The molecule has 0 aliphatic carbocycles. The summed E-state index contributed by atoms with van der Waals surface area (Å²) in [4.78, 5) is 0. The zero-order valence-electron chi connectivity index (χ0n) is 9.40. The number of aliphatic hydroxyl groups is 4. The summed E-state index contributed by atoms with van der Waals surface area (Å²) < 4.78 is 0. The van der Waals surface area contributed by atoms with Crippen molar-refractivity contribution in [2.75, 3.05) is 13.2 Å². The van der Waals surface area contributed by atoms with Crippen LogP contribution in [0.4, 0.5) is 0 Å². The Morgan fingerprint density at radius 3 is 1.50 bits per heavy atom. The first-order chi connectivity index (χ1) is 6.33. The van der Waals surface area contributed by atoms with Crippen LogP contribution >= 0.6 is 0 Å². The second-order valence-electron chi connectivity index (χ2n) is 4.02. The molecule has 14 heavy (non-hydrogen) atoms. The minimum Gasteiger partial charge on any atom is -0.396 e. The lowest BCUT2D eigenvalue weighted by Gasteiger charge is -2.17. The minimum absolute atomic E-state index is 0.195. The summed E-state index contributed by atoms with van der Waals surface area (Å²) >= 11 is 0. The van der Waals surface area contributed by atoms with Crippen LogP contribution in [-0.2, 0) is 0 Å². The van der Waals surface area contributed by atoms with Crippen LogP contribution in [0.25, 0.3) is 0 Å². The van der Waals surface area contributed by atoms with E-state index in [1.807, 2.05) is 0 Å². The normalized spacial score (nSPS) is 13.1. The van der Waals surface area contributed by atoms with Gasteiger partial charge in [-0.1, -0.05) is 0 Å². The van der Waals surface area contributed by atoms with E-state index in [1.165, 1.54) is 0 Å². The highest BCUT2D eigenvalue weighted by Crippen LogP contribution is 2.09. The number of rotatable bonds is 5. The first-order valence-electron chi connectivity index (χ1n) is 4.95. The van der Waals surface area contributed by atoms with Gasteiger partial charge in [0.15, 0.2) is 0 Å². The van der Waals surface area contributed by atoms with Crippen molar-refractivity contribution >= 4 is 0 Å². The lowest BCUT2D eigenvalue weighted by Crippen LogP contribution is -2.24. The van der Waals surface area contributed by atoms with Gasteiger partial charge in [0.2, 0.25) is 0 Å². The van der Waals surface area contributed by atoms with E-state index in [0.717, 1.165) is 12.8 Å². The van der Waals surface area contributed by atoms with Gasteiger partial charge in [0.1, 0.15) is 0 Å². The van der Waals surface area contributed by atoms with Crippen molar-refractivity contribution in [3.05, 3.63) is 0 Å². The summed E-state index contributed by atoms with van der Waals surface area (Å²) in [5.41, 5.74) is -0.728. The van der Waals surface area contributed by atoms with Crippen molar-refractivity contribution < 1.29 is 20.4 Å². The summed E-state index contributed by atoms with van der Waals surface area (Å²) in [6, 6.07) is 0. The fourth-order valence-corrected chi connectivity index (χ4v) is 0.947. The van der Waals surface area contributed by atoms with E-state index in [0.29, 0.717) is 6.42 Å². The van der Waals surface area contributed by atoms with Gasteiger partial charge in [0, 0.05) is 19.6 Å². The number of hydrogen-bond acceptors (Lipinski definition) is 4. The van der Waals surface area contributed by atoms with Crippen LogP contribution in [0.15, 0.2) is 0 Å². The molecule has 0 bridgehead atoms. The van der Waals surface area contributed by atoms with E-state index in [2.05, 4.69) is 0 Å². The number of unbranched alkanes of at least 4 members (excludes halogenated alkanes) is 1. The predicted octanol–water partition coefficient (Wildman–Crippen LogP) is 0.279. The standard InChI is InChI=1S/C6H14O2.C4H10O2/c1-5(7)4-6(2,3)8;5-3-1-2-4-6/h5,7-8H,4H2,1-3H3;5-6H,1-4H2. The van der Waals surface area contributed by atoms with Crippen molar-refractivity contribution in [3.8, 4) is 0 Å². The van der Waals surface area contributed by atoms with Crippen molar-refractivity contribution in [2.45, 2.75) is 51.7 Å². The van der Waals surface area contributed by atoms with Gasteiger partial charge in [-0.2, -0.15) is 0 Å². The van der Waals surface area contributed by atoms with Crippen LogP contribution in [-0.4, -0.2) is 45.3 Å². The summed E-state index contributed by atoms with van der Waals surface area (Å²) in [6.45, 7) is 5.42. The smallest absolute Gasteiger partial charge is 0.0616 e. The van der Waals surface area contributed by atoms with Gasteiger partial charge >= 0.3 is 0 Å². The number of hydrogen-bond donors (Lipinski definition) is 4. The quantitative estimate of drug-likeness (QED) is 0.489. The molecule has 0 radical (unpaired) electrons. The molecule has 0 saturated carbocycles. The third-order valence-electron chi connectivity index (χ3n) is 1.36. The average Bonchev–Trinajstić information content (AvgIpc) is 1.97. The molecule has 1 unspecified atom stereocenters. The average molecular weight is 208 g/mol. The SMILES string of the molecule is CC(O)CC(C)(C)O.OCCCCO. The molecular formula is C10H24O4. The Morgan fingerprint density at radius 1 is 1.07 bits per heavy atom. The molecule has 0 aliphatic rings. The van der Waals surface area contributed by atoms with Crippen LogP contribution in [0, 0.1) is 0 Å². The maximum atomic E-state index is 9.03. The molecule has 88 valence electrons. The molecule has 0 aromatic heterocycles. The van der Waals surface area contributed by atoms with Gasteiger partial charge in [-0.25, -0.2) is 0 Å². The van der Waals surface area contributed by atoms with Crippen LogP contribution in [0.2, 0.25) is 0 Å². The predicted molar refractivity (Wildman–Crippen MR) is 56.0 cm³/mol. The van der Waals surface area contributed by atoms with Gasteiger partial charge in [0.05, 0.1) is 11.7 Å². The zero-order valence-corrected chi connectivity index (χ0v) is 9.40. The van der Waals surface area contributed by atoms with E-state index in [4.69, 9.17) is 20.4 Å². The van der Waals surface area contributed by atoms with Crippen LogP contribution in [0.1, 0.15) is 40.0 Å². The second kappa shape index (κ2) is 9.40. The maximum Gasteiger partial charge on any atom is 0.0616 e. The van der Waals surface area contributed by atoms with Crippen molar-refractivity contribution in [1.29, 1.82) is 0 Å². The van der Waals surface area contributed by atoms with E-state index in [9.17, 15) is 0 Å². The minimum atomic E-state index is -0.728. The largest absolute Gasteiger partial charge is 0.396 e. The van der Waals surface area contributed by atoms with Crippen molar-refractivity contribution in [3.63, 3.8) is 0 Å². The van der Waals surface area contributed by atoms with E-state index in [1.54, 1.807) is 20.8 Å². The Balaban J connectivity index is 0. The second-order valence-corrected chi connectivity index (χ2v) is 4.02. The zero-order chi connectivity index (χ0) is 11.6. The first kappa shape index (κ1) is 16.3. The summed E-state index contributed by atoms with van der Waals surface area (Å²) in [6.07, 6.45) is 1.47. The van der Waals surface area contributed by atoms with E-state index in [-0.39, 0.29) is 13.2 Å². The van der Waals surface area contributed by atoms with Gasteiger partial charge in [-0.3, -0.25) is 0 Å². The van der Waals surface area contributed by atoms with Crippen LogP contribution in [0.3, 0.4) is 0 Å². The van der Waals surface area contributed by atoms with Gasteiger partial charge in [-0.15, -0.1) is 0 Å². The van der Waals surface area contributed by atoms with Crippen LogP contribution in [0.5, 0.6) is 0 Å². The summed E-state index contributed by atoms with van der Waals surface area (Å²) in [7, 11) is 0. The molecule has 0 rings (SSSR count). The van der Waals surface area contributed by atoms with Gasteiger partial charge in [0.25, 0.3) is 0 Å². The Morgan fingerprint density at radius 2 is 1.43 bits per heavy atom. The Hall–Kier alpha value is -0.160. The third-order valence-corrected chi connectivity index (χ3v) is 1.36. The lowest BCUT2D eigenvalue weighted by molar-refractivity contribution is 0.0249. The highest BCUT2D eigenvalue weighted by atomic mass is 16.3. The molecule has 4 heteroatoms. The maximum absolute atomic E-state index is 9.03. The van der Waals surface area contributed by atoms with Gasteiger partial charge < -0.3 is 20.4 Å².